The van der Waals surface area contributed by atoms with Crippen LogP contribution in [0.1, 0.15) is 69.9 Å². The minimum Gasteiger partial charge on any atom is -0.508 e. The molecule has 0 bridgehead atoms. The average Bonchev–Trinajstić information content (AvgIpc) is 2.85. The van der Waals surface area contributed by atoms with Crippen molar-refractivity contribution in [1.29, 1.82) is 0 Å². The first kappa shape index (κ1) is 18.8. The number of rotatable bonds is 3. The molecule has 2 fully saturated rings. The van der Waals surface area contributed by atoms with E-state index in [1.165, 1.54) is 11.1 Å². The zero-order valence-electron chi connectivity index (χ0n) is 16.7. The molecule has 3 aliphatic rings. The quantitative estimate of drug-likeness (QED) is 0.758. The van der Waals surface area contributed by atoms with Crippen LogP contribution in [0.15, 0.2) is 18.2 Å². The van der Waals surface area contributed by atoms with Gasteiger partial charge in [-0.25, -0.2) is 0 Å². The van der Waals surface area contributed by atoms with Crippen LogP contribution in [0.2, 0.25) is 0 Å². The zero-order chi connectivity index (χ0) is 19.3. The summed E-state index contributed by atoms with van der Waals surface area (Å²) in [6.45, 7) is 6.21. The summed E-state index contributed by atoms with van der Waals surface area (Å²) in [5.41, 5.74) is 2.63. The number of nitrogens with one attached hydrogen (secondary N) is 1. The molecule has 0 aliphatic heterocycles. The van der Waals surface area contributed by atoms with Gasteiger partial charge >= 0.3 is 0 Å². The summed E-state index contributed by atoms with van der Waals surface area (Å²) in [5.74, 6) is 2.08. The number of phenols is 1. The van der Waals surface area contributed by atoms with Crippen LogP contribution in [0, 0.1) is 23.2 Å². The first-order chi connectivity index (χ1) is 12.8. The van der Waals surface area contributed by atoms with Crippen LogP contribution in [0.4, 0.5) is 0 Å². The summed E-state index contributed by atoms with van der Waals surface area (Å²) in [7, 11) is 0. The third-order valence-electron chi connectivity index (χ3n) is 7.72. The van der Waals surface area contributed by atoms with Crippen LogP contribution in [0.5, 0.6) is 5.75 Å². The Kier molecular flexibility index (Phi) is 4.74. The minimum atomic E-state index is -0.387. The molecule has 4 rings (SSSR count). The van der Waals surface area contributed by atoms with Crippen LogP contribution in [-0.4, -0.2) is 28.3 Å². The maximum atomic E-state index is 12.3. The van der Waals surface area contributed by atoms with Crippen molar-refractivity contribution in [2.75, 3.05) is 0 Å². The number of aliphatic hydroxyl groups excluding tert-OH is 1. The molecule has 3 N–H and O–H groups in total. The number of carbonyl (C=O) groups is 1. The number of hydrogen-bond acceptors (Lipinski definition) is 3. The third-order valence-corrected chi connectivity index (χ3v) is 7.72. The third kappa shape index (κ3) is 3.16. The molecule has 27 heavy (non-hydrogen) atoms. The van der Waals surface area contributed by atoms with Crippen LogP contribution in [-0.2, 0) is 11.2 Å². The lowest BCUT2D eigenvalue weighted by atomic mass is 9.55. The maximum Gasteiger partial charge on any atom is 0.220 e. The lowest BCUT2D eigenvalue weighted by molar-refractivity contribution is -0.123. The van der Waals surface area contributed by atoms with Gasteiger partial charge in [0, 0.05) is 12.5 Å². The second kappa shape index (κ2) is 6.80. The van der Waals surface area contributed by atoms with E-state index in [9.17, 15) is 15.0 Å². The number of fused-ring (bicyclic) bond motifs is 5. The lowest BCUT2D eigenvalue weighted by Crippen LogP contribution is -2.44. The first-order valence-electron chi connectivity index (χ1n) is 10.6. The van der Waals surface area contributed by atoms with Crippen molar-refractivity contribution in [2.45, 2.75) is 77.4 Å². The van der Waals surface area contributed by atoms with Gasteiger partial charge in [-0.2, -0.15) is 0 Å². The van der Waals surface area contributed by atoms with E-state index >= 15 is 0 Å². The molecule has 1 amide bonds. The Morgan fingerprint density at radius 1 is 1.33 bits per heavy atom. The summed E-state index contributed by atoms with van der Waals surface area (Å²) in [4.78, 5) is 12.3. The number of benzene rings is 1. The van der Waals surface area contributed by atoms with Gasteiger partial charge in [-0.15, -0.1) is 0 Å². The molecular weight excluding hydrogens is 338 g/mol. The van der Waals surface area contributed by atoms with Gasteiger partial charge in [-0.1, -0.05) is 13.0 Å². The molecule has 148 valence electrons. The second-order valence-electron chi connectivity index (χ2n) is 9.71. The highest BCUT2D eigenvalue weighted by Crippen LogP contribution is 2.62. The van der Waals surface area contributed by atoms with E-state index in [1.54, 1.807) is 0 Å². The maximum absolute atomic E-state index is 12.3. The van der Waals surface area contributed by atoms with Gasteiger partial charge < -0.3 is 15.5 Å². The highest BCUT2D eigenvalue weighted by molar-refractivity contribution is 5.76. The Labute approximate surface area is 162 Å². The molecule has 6 atom stereocenters. The van der Waals surface area contributed by atoms with E-state index in [0.29, 0.717) is 29.9 Å². The Balaban J connectivity index is 1.55. The molecule has 4 nitrogen and oxygen atoms in total. The van der Waals surface area contributed by atoms with Crippen LogP contribution in [0.3, 0.4) is 0 Å². The van der Waals surface area contributed by atoms with Crippen molar-refractivity contribution in [1.82, 2.24) is 5.32 Å². The predicted octanol–water partition coefficient (Wildman–Crippen LogP) is 3.75. The van der Waals surface area contributed by atoms with E-state index < -0.39 is 0 Å². The molecule has 4 heteroatoms. The standard InChI is InChI=1S/C23H33NO3/c1-13(2)24-21(26)12-15-11-20-19-6-4-14-10-16(25)5-7-17(14)18(19)8-9-23(20,3)22(15)27/h5,7,10,13,15,18-20,22,25,27H,4,6,8-9,11-12H2,1-3H3,(H,24,26)/t15?,18?,19?,20?,22-,23-/m0/s1. The van der Waals surface area contributed by atoms with Crippen molar-refractivity contribution < 1.29 is 15.0 Å². The van der Waals surface area contributed by atoms with E-state index in [-0.39, 0.29) is 29.4 Å². The fourth-order valence-electron chi connectivity index (χ4n) is 6.54. The molecule has 2 saturated carbocycles. The molecule has 0 heterocycles. The molecule has 0 spiro atoms. The van der Waals surface area contributed by atoms with Crippen LogP contribution in [0.25, 0.3) is 0 Å². The van der Waals surface area contributed by atoms with E-state index in [4.69, 9.17) is 0 Å². The van der Waals surface area contributed by atoms with Gasteiger partial charge in [-0.05, 0) is 98.3 Å². The fraction of sp³-hybridized carbons (Fsp3) is 0.696. The Hall–Kier alpha value is -1.55. The number of amides is 1. The number of hydrogen-bond donors (Lipinski definition) is 3. The molecule has 0 aromatic heterocycles. The van der Waals surface area contributed by atoms with Crippen molar-refractivity contribution in [2.24, 2.45) is 23.2 Å². The molecule has 0 radical (unpaired) electrons. The summed E-state index contributed by atoms with van der Waals surface area (Å²) < 4.78 is 0. The number of aliphatic hydroxyl groups is 1. The average molecular weight is 372 g/mol. The van der Waals surface area contributed by atoms with Gasteiger partial charge in [0.15, 0.2) is 0 Å². The number of carbonyl (C=O) groups excluding carboxylic acids is 1. The van der Waals surface area contributed by atoms with Crippen LogP contribution < -0.4 is 5.32 Å². The van der Waals surface area contributed by atoms with Crippen molar-refractivity contribution in [3.8, 4) is 5.75 Å². The summed E-state index contributed by atoms with van der Waals surface area (Å²) in [6.07, 6.45) is 5.25. The molecule has 1 aromatic carbocycles. The molecule has 3 aliphatic carbocycles. The lowest BCUT2D eigenvalue weighted by Gasteiger charge is -2.50. The summed E-state index contributed by atoms with van der Waals surface area (Å²) in [6, 6.07) is 6.01. The molecule has 0 saturated heterocycles. The topological polar surface area (TPSA) is 69.6 Å². The minimum absolute atomic E-state index is 0.0670. The highest BCUT2D eigenvalue weighted by atomic mass is 16.3. The molecular formula is C23H33NO3. The first-order valence-corrected chi connectivity index (χ1v) is 10.6. The van der Waals surface area contributed by atoms with Gasteiger partial charge in [0.05, 0.1) is 6.10 Å². The van der Waals surface area contributed by atoms with E-state index in [0.717, 1.165) is 32.1 Å². The number of phenolic OH excluding ortho intramolecular Hbond substituents is 1. The van der Waals surface area contributed by atoms with E-state index in [2.05, 4.69) is 18.3 Å². The normalized spacial score (nSPS) is 37.4. The summed E-state index contributed by atoms with van der Waals surface area (Å²) in [5, 5.41) is 23.9. The molecule has 4 unspecified atom stereocenters. The van der Waals surface area contributed by atoms with Crippen LogP contribution >= 0.6 is 0 Å². The smallest absolute Gasteiger partial charge is 0.220 e. The van der Waals surface area contributed by atoms with Gasteiger partial charge in [0.1, 0.15) is 5.75 Å². The van der Waals surface area contributed by atoms with E-state index in [1.807, 2.05) is 26.0 Å². The SMILES string of the molecule is CC(C)NC(=O)CC1CC2C3CCc4cc(O)ccc4C3CC[C@]2(C)[C@H]1O. The second-order valence-corrected chi connectivity index (χ2v) is 9.71. The van der Waals surface area contributed by atoms with Crippen molar-refractivity contribution in [3.63, 3.8) is 0 Å². The highest BCUT2D eigenvalue weighted by Gasteiger charge is 2.58. The van der Waals surface area contributed by atoms with Crippen molar-refractivity contribution >= 4 is 5.91 Å². The fourth-order valence-corrected chi connectivity index (χ4v) is 6.54. The summed E-state index contributed by atoms with van der Waals surface area (Å²) >= 11 is 0. The van der Waals surface area contributed by atoms with Gasteiger partial charge in [0.2, 0.25) is 5.91 Å². The van der Waals surface area contributed by atoms with Crippen molar-refractivity contribution in [3.05, 3.63) is 29.3 Å². The Bertz CT molecular complexity index is 730. The Morgan fingerprint density at radius 3 is 2.85 bits per heavy atom. The monoisotopic (exact) mass is 371 g/mol. The Morgan fingerprint density at radius 2 is 2.11 bits per heavy atom. The zero-order valence-corrected chi connectivity index (χ0v) is 16.7. The number of aromatic hydroxyl groups is 1. The predicted molar refractivity (Wildman–Crippen MR) is 105 cm³/mol. The van der Waals surface area contributed by atoms with Gasteiger partial charge in [-0.3, -0.25) is 4.79 Å². The van der Waals surface area contributed by atoms with Gasteiger partial charge in [0.25, 0.3) is 0 Å². The number of aryl methyl sites for hydroxylation is 1. The largest absolute Gasteiger partial charge is 0.508 e. The molecule has 1 aromatic rings.